The first-order chi connectivity index (χ1) is 10.2. The standard InChI is InChI=1S/C16H19ClN4/c1-12-9-13(17)5-6-14(12)20-15-10-16(19-11-18-15)21-7-3-2-4-8-21/h5-6,9-11H,2-4,7-8H2,1H3,(H,18,19,20). The minimum atomic E-state index is 0.745. The van der Waals surface area contributed by atoms with Crippen LogP contribution in [0.2, 0.25) is 5.02 Å². The van der Waals surface area contributed by atoms with Gasteiger partial charge in [0.15, 0.2) is 0 Å². The van der Waals surface area contributed by atoms with Crippen LogP contribution in [0.3, 0.4) is 0 Å². The fraction of sp³-hybridized carbons (Fsp3) is 0.375. The Morgan fingerprint density at radius 1 is 1.10 bits per heavy atom. The van der Waals surface area contributed by atoms with E-state index in [1.807, 2.05) is 31.2 Å². The van der Waals surface area contributed by atoms with Gasteiger partial charge in [0.2, 0.25) is 0 Å². The lowest BCUT2D eigenvalue weighted by Gasteiger charge is -2.27. The molecule has 1 fully saturated rings. The number of halogens is 1. The van der Waals surface area contributed by atoms with Crippen molar-refractivity contribution < 1.29 is 0 Å². The minimum absolute atomic E-state index is 0.745. The van der Waals surface area contributed by atoms with E-state index in [2.05, 4.69) is 20.2 Å². The van der Waals surface area contributed by atoms with Crippen molar-refractivity contribution in [2.45, 2.75) is 26.2 Å². The first-order valence-electron chi connectivity index (χ1n) is 7.32. The number of hydrogen-bond acceptors (Lipinski definition) is 4. The van der Waals surface area contributed by atoms with Gasteiger partial charge in [0.05, 0.1) is 0 Å². The molecule has 4 nitrogen and oxygen atoms in total. The topological polar surface area (TPSA) is 41.0 Å². The molecule has 110 valence electrons. The Morgan fingerprint density at radius 3 is 2.67 bits per heavy atom. The first-order valence-corrected chi connectivity index (χ1v) is 7.70. The maximum atomic E-state index is 5.99. The van der Waals surface area contributed by atoms with Crippen LogP contribution in [-0.2, 0) is 0 Å². The lowest BCUT2D eigenvalue weighted by atomic mass is 10.1. The van der Waals surface area contributed by atoms with E-state index in [4.69, 9.17) is 11.6 Å². The van der Waals surface area contributed by atoms with Crippen molar-refractivity contribution in [2.24, 2.45) is 0 Å². The number of aryl methyl sites for hydroxylation is 1. The van der Waals surface area contributed by atoms with E-state index < -0.39 is 0 Å². The molecule has 0 spiro atoms. The highest BCUT2D eigenvalue weighted by atomic mass is 35.5. The van der Waals surface area contributed by atoms with Gasteiger partial charge in [0.1, 0.15) is 18.0 Å². The summed E-state index contributed by atoms with van der Waals surface area (Å²) in [6.45, 7) is 4.19. The third-order valence-electron chi connectivity index (χ3n) is 3.78. The summed E-state index contributed by atoms with van der Waals surface area (Å²) in [5, 5.41) is 4.09. The molecular formula is C16H19ClN4. The predicted octanol–water partition coefficient (Wildman–Crippen LogP) is 4.17. The van der Waals surface area contributed by atoms with E-state index >= 15 is 0 Å². The van der Waals surface area contributed by atoms with Gasteiger partial charge >= 0.3 is 0 Å². The van der Waals surface area contributed by atoms with Gasteiger partial charge in [-0.15, -0.1) is 0 Å². The third kappa shape index (κ3) is 3.45. The summed E-state index contributed by atoms with van der Waals surface area (Å²) in [6.07, 6.45) is 5.42. The van der Waals surface area contributed by atoms with E-state index in [0.717, 1.165) is 41.0 Å². The van der Waals surface area contributed by atoms with Crippen LogP contribution in [-0.4, -0.2) is 23.1 Å². The lowest BCUT2D eigenvalue weighted by molar-refractivity contribution is 0.573. The molecule has 21 heavy (non-hydrogen) atoms. The van der Waals surface area contributed by atoms with Crippen molar-refractivity contribution in [1.82, 2.24) is 9.97 Å². The molecule has 0 aliphatic carbocycles. The molecule has 0 saturated carbocycles. The minimum Gasteiger partial charge on any atom is -0.356 e. The monoisotopic (exact) mass is 302 g/mol. The molecule has 1 aromatic heterocycles. The molecule has 2 heterocycles. The maximum absolute atomic E-state index is 5.99. The summed E-state index contributed by atoms with van der Waals surface area (Å²) < 4.78 is 0. The number of piperidine rings is 1. The summed E-state index contributed by atoms with van der Waals surface area (Å²) in [5.41, 5.74) is 2.11. The van der Waals surface area contributed by atoms with E-state index in [9.17, 15) is 0 Å². The SMILES string of the molecule is Cc1cc(Cl)ccc1Nc1cc(N2CCCCC2)ncn1. The summed E-state index contributed by atoms with van der Waals surface area (Å²) in [6, 6.07) is 7.81. The Bertz CT molecular complexity index is 623. The quantitative estimate of drug-likeness (QED) is 0.924. The fourth-order valence-corrected chi connectivity index (χ4v) is 2.84. The summed E-state index contributed by atoms with van der Waals surface area (Å²) in [4.78, 5) is 11.0. The molecular weight excluding hydrogens is 284 g/mol. The molecule has 1 aliphatic heterocycles. The second-order valence-electron chi connectivity index (χ2n) is 5.39. The molecule has 1 aliphatic rings. The number of rotatable bonds is 3. The van der Waals surface area contributed by atoms with Crippen molar-refractivity contribution >= 4 is 28.9 Å². The van der Waals surface area contributed by atoms with Gasteiger partial charge < -0.3 is 10.2 Å². The summed E-state index contributed by atoms with van der Waals surface area (Å²) >= 11 is 5.99. The second kappa shape index (κ2) is 6.31. The van der Waals surface area contributed by atoms with Gasteiger partial charge in [-0.05, 0) is 49.9 Å². The van der Waals surface area contributed by atoms with E-state index in [-0.39, 0.29) is 0 Å². The zero-order valence-electron chi connectivity index (χ0n) is 12.1. The van der Waals surface area contributed by atoms with Crippen molar-refractivity contribution in [2.75, 3.05) is 23.3 Å². The predicted molar refractivity (Wildman–Crippen MR) is 87.6 cm³/mol. The molecule has 1 saturated heterocycles. The highest BCUT2D eigenvalue weighted by Crippen LogP contribution is 2.24. The highest BCUT2D eigenvalue weighted by Gasteiger charge is 2.13. The smallest absolute Gasteiger partial charge is 0.135 e. The van der Waals surface area contributed by atoms with Gasteiger partial charge in [-0.1, -0.05) is 11.6 Å². The summed E-state index contributed by atoms with van der Waals surface area (Å²) in [7, 11) is 0. The number of nitrogens with one attached hydrogen (secondary N) is 1. The Balaban J connectivity index is 1.79. The lowest BCUT2D eigenvalue weighted by Crippen LogP contribution is -2.30. The number of aromatic nitrogens is 2. The molecule has 2 aromatic rings. The van der Waals surface area contributed by atoms with Gasteiger partial charge in [-0.25, -0.2) is 9.97 Å². The molecule has 0 amide bonds. The van der Waals surface area contributed by atoms with Crippen LogP contribution in [0.5, 0.6) is 0 Å². The molecule has 1 N–H and O–H groups in total. The Kier molecular flexibility index (Phi) is 4.25. The van der Waals surface area contributed by atoms with Gasteiger partial charge in [-0.3, -0.25) is 0 Å². The van der Waals surface area contributed by atoms with Crippen LogP contribution in [0.1, 0.15) is 24.8 Å². The highest BCUT2D eigenvalue weighted by molar-refractivity contribution is 6.30. The second-order valence-corrected chi connectivity index (χ2v) is 5.83. The van der Waals surface area contributed by atoms with Crippen LogP contribution < -0.4 is 10.2 Å². The molecule has 0 radical (unpaired) electrons. The molecule has 0 atom stereocenters. The number of benzene rings is 1. The average Bonchev–Trinajstić information content (AvgIpc) is 2.51. The summed E-state index contributed by atoms with van der Waals surface area (Å²) in [5.74, 6) is 1.81. The number of anilines is 3. The zero-order chi connectivity index (χ0) is 14.7. The van der Waals surface area contributed by atoms with Crippen molar-refractivity contribution in [1.29, 1.82) is 0 Å². The van der Waals surface area contributed by atoms with Crippen LogP contribution in [0.25, 0.3) is 0 Å². The van der Waals surface area contributed by atoms with Gasteiger partial charge in [-0.2, -0.15) is 0 Å². The van der Waals surface area contributed by atoms with Gasteiger partial charge in [0, 0.05) is 29.9 Å². The van der Waals surface area contributed by atoms with Crippen LogP contribution >= 0.6 is 11.6 Å². The van der Waals surface area contributed by atoms with Crippen LogP contribution in [0, 0.1) is 6.92 Å². The average molecular weight is 303 g/mol. The zero-order valence-corrected chi connectivity index (χ0v) is 12.9. The Hall–Kier alpha value is -1.81. The number of hydrogen-bond donors (Lipinski definition) is 1. The van der Waals surface area contributed by atoms with Crippen molar-refractivity contribution in [3.8, 4) is 0 Å². The largest absolute Gasteiger partial charge is 0.356 e. The van der Waals surface area contributed by atoms with E-state index in [1.165, 1.54) is 19.3 Å². The Morgan fingerprint density at radius 2 is 1.90 bits per heavy atom. The Labute approximate surface area is 130 Å². The third-order valence-corrected chi connectivity index (χ3v) is 4.02. The van der Waals surface area contributed by atoms with E-state index in [0.29, 0.717) is 0 Å². The number of nitrogens with zero attached hydrogens (tertiary/aromatic N) is 3. The first kappa shape index (κ1) is 14.1. The molecule has 3 rings (SSSR count). The van der Waals surface area contributed by atoms with Gasteiger partial charge in [0.25, 0.3) is 0 Å². The molecule has 0 unspecified atom stereocenters. The van der Waals surface area contributed by atoms with Crippen LogP contribution in [0.4, 0.5) is 17.3 Å². The van der Waals surface area contributed by atoms with Crippen LogP contribution in [0.15, 0.2) is 30.6 Å². The van der Waals surface area contributed by atoms with Crippen molar-refractivity contribution in [3.05, 3.63) is 41.2 Å². The van der Waals surface area contributed by atoms with E-state index in [1.54, 1.807) is 6.33 Å². The normalized spacial score (nSPS) is 15.0. The molecule has 0 bridgehead atoms. The molecule has 5 heteroatoms. The van der Waals surface area contributed by atoms with Crippen molar-refractivity contribution in [3.63, 3.8) is 0 Å². The molecule has 1 aromatic carbocycles. The fourth-order valence-electron chi connectivity index (χ4n) is 2.62. The maximum Gasteiger partial charge on any atom is 0.135 e.